The van der Waals surface area contributed by atoms with Gasteiger partial charge in [0.25, 0.3) is 0 Å². The Hall–Kier alpha value is -1.12. The highest BCUT2D eigenvalue weighted by Gasteiger charge is 2.22. The second-order valence-corrected chi connectivity index (χ2v) is 8.48. The first-order chi connectivity index (χ1) is 9.08. The first-order valence-corrected chi connectivity index (χ1v) is 9.57. The summed E-state index contributed by atoms with van der Waals surface area (Å²) in [5.41, 5.74) is 5.68. The van der Waals surface area contributed by atoms with E-state index in [0.717, 1.165) is 18.7 Å². The Morgan fingerprint density at radius 3 is 2.35 bits per heavy atom. The first-order valence-electron chi connectivity index (χ1n) is 6.20. The lowest BCUT2D eigenvalue weighted by molar-refractivity contribution is 0.544. The highest BCUT2D eigenvalue weighted by molar-refractivity contribution is 7.91. The zero-order chi connectivity index (χ0) is 15.6. The minimum atomic E-state index is -3.83. The molecule has 0 heterocycles. The monoisotopic (exact) mass is 320 g/mol. The second-order valence-electron chi connectivity index (χ2n) is 4.78. The molecule has 0 aromatic heterocycles. The molecule has 1 atom stereocenters. The largest absolute Gasteiger partial charge is 0.398 e. The van der Waals surface area contributed by atoms with E-state index in [4.69, 9.17) is 5.73 Å². The van der Waals surface area contributed by atoms with Gasteiger partial charge in [-0.3, -0.25) is 0 Å². The number of sulfonamides is 1. The number of benzene rings is 1. The van der Waals surface area contributed by atoms with Gasteiger partial charge in [0.15, 0.2) is 9.84 Å². The highest BCUT2D eigenvalue weighted by Crippen LogP contribution is 2.23. The first kappa shape index (κ1) is 16.9. The Labute approximate surface area is 120 Å². The Morgan fingerprint density at radius 1 is 1.25 bits per heavy atom. The van der Waals surface area contributed by atoms with E-state index in [0.29, 0.717) is 6.42 Å². The number of nitrogens with one attached hydrogen (secondary N) is 1. The molecule has 0 aliphatic heterocycles. The number of hydrogen-bond donors (Lipinski definition) is 2. The molecule has 0 aliphatic carbocycles. The fraction of sp³-hybridized carbons (Fsp3) is 0.500. The van der Waals surface area contributed by atoms with Gasteiger partial charge in [-0.15, -0.1) is 0 Å². The minimum absolute atomic E-state index is 0.0219. The zero-order valence-electron chi connectivity index (χ0n) is 11.8. The van der Waals surface area contributed by atoms with Crippen LogP contribution in [0.1, 0.15) is 26.7 Å². The predicted molar refractivity (Wildman–Crippen MR) is 78.7 cm³/mol. The van der Waals surface area contributed by atoms with Gasteiger partial charge in [0.1, 0.15) is 4.90 Å². The summed E-state index contributed by atoms with van der Waals surface area (Å²) in [6.45, 7) is 3.70. The lowest BCUT2D eigenvalue weighted by atomic mass is 10.2. The van der Waals surface area contributed by atoms with Gasteiger partial charge in [0.2, 0.25) is 10.0 Å². The van der Waals surface area contributed by atoms with Crippen molar-refractivity contribution in [1.82, 2.24) is 4.72 Å². The molecule has 1 aromatic rings. The smallest absolute Gasteiger partial charge is 0.242 e. The van der Waals surface area contributed by atoms with Gasteiger partial charge in [-0.05, 0) is 31.5 Å². The van der Waals surface area contributed by atoms with E-state index in [1.54, 1.807) is 6.92 Å². The molecule has 3 N–H and O–H groups in total. The van der Waals surface area contributed by atoms with Crippen molar-refractivity contribution in [3.8, 4) is 0 Å². The maximum atomic E-state index is 12.2. The summed E-state index contributed by atoms with van der Waals surface area (Å²) in [6.07, 6.45) is 2.54. The summed E-state index contributed by atoms with van der Waals surface area (Å²) in [5, 5.41) is 0. The highest BCUT2D eigenvalue weighted by atomic mass is 32.2. The summed E-state index contributed by atoms with van der Waals surface area (Å²) in [7, 11) is -7.32. The van der Waals surface area contributed by atoms with E-state index in [-0.39, 0.29) is 21.5 Å². The summed E-state index contributed by atoms with van der Waals surface area (Å²) in [6, 6.07) is 3.42. The molecule has 0 spiro atoms. The number of anilines is 1. The number of nitrogen functional groups attached to an aromatic ring is 1. The number of rotatable bonds is 6. The second kappa shape index (κ2) is 6.11. The normalized spacial score (nSPS) is 14.2. The summed E-state index contributed by atoms with van der Waals surface area (Å²) in [4.78, 5) is -0.279. The molecule has 1 unspecified atom stereocenters. The molecule has 6 nitrogen and oxygen atoms in total. The zero-order valence-corrected chi connectivity index (χ0v) is 13.4. The number of sulfone groups is 1. The van der Waals surface area contributed by atoms with Crippen LogP contribution in [0.15, 0.2) is 28.0 Å². The van der Waals surface area contributed by atoms with Gasteiger partial charge in [0, 0.05) is 12.3 Å². The maximum absolute atomic E-state index is 12.2. The molecule has 8 heteroatoms. The quantitative estimate of drug-likeness (QED) is 0.764. The Kier molecular flexibility index (Phi) is 5.17. The molecule has 0 saturated heterocycles. The molecule has 114 valence electrons. The fourth-order valence-corrected chi connectivity index (χ4v) is 3.96. The molecule has 0 bridgehead atoms. The molecule has 0 saturated carbocycles. The molecule has 1 aromatic carbocycles. The average Bonchev–Trinajstić information content (AvgIpc) is 2.26. The van der Waals surface area contributed by atoms with Crippen LogP contribution in [0.2, 0.25) is 0 Å². The molecule has 0 aliphatic rings. The van der Waals surface area contributed by atoms with Crippen LogP contribution >= 0.6 is 0 Å². The van der Waals surface area contributed by atoms with E-state index in [1.165, 1.54) is 12.1 Å². The van der Waals surface area contributed by atoms with Crippen molar-refractivity contribution in [1.29, 1.82) is 0 Å². The van der Waals surface area contributed by atoms with Gasteiger partial charge in [-0.2, -0.15) is 0 Å². The van der Waals surface area contributed by atoms with Gasteiger partial charge in [0.05, 0.1) is 10.6 Å². The molecular formula is C12H20N2O4S2. The van der Waals surface area contributed by atoms with Crippen LogP contribution in [0.5, 0.6) is 0 Å². The lowest BCUT2D eigenvalue weighted by Gasteiger charge is -2.15. The van der Waals surface area contributed by atoms with Gasteiger partial charge >= 0.3 is 0 Å². The van der Waals surface area contributed by atoms with Crippen LogP contribution < -0.4 is 10.5 Å². The minimum Gasteiger partial charge on any atom is -0.398 e. The van der Waals surface area contributed by atoms with Crippen molar-refractivity contribution in [2.75, 3.05) is 12.0 Å². The maximum Gasteiger partial charge on any atom is 0.242 e. The summed E-state index contributed by atoms with van der Waals surface area (Å²) < 4.78 is 49.9. The molecular weight excluding hydrogens is 300 g/mol. The Morgan fingerprint density at radius 2 is 1.85 bits per heavy atom. The molecule has 0 radical (unpaired) electrons. The summed E-state index contributed by atoms with van der Waals surface area (Å²) >= 11 is 0. The number of nitrogens with two attached hydrogens (primary N) is 1. The van der Waals surface area contributed by atoms with E-state index in [2.05, 4.69) is 4.72 Å². The van der Waals surface area contributed by atoms with Crippen LogP contribution in [-0.4, -0.2) is 29.1 Å². The third-order valence-corrected chi connectivity index (χ3v) is 5.54. The van der Waals surface area contributed by atoms with Crippen molar-refractivity contribution in [3.63, 3.8) is 0 Å². The van der Waals surface area contributed by atoms with E-state index < -0.39 is 19.9 Å². The topological polar surface area (TPSA) is 106 Å². The molecule has 0 amide bonds. The standard InChI is InChI=1S/C12H20N2O4S2/c1-4-5-9(2)14-20(17,18)12-8-10(19(3,15)16)6-7-11(12)13/h6-9,14H,4-5,13H2,1-3H3. The number of hydrogen-bond acceptors (Lipinski definition) is 5. The van der Waals surface area contributed by atoms with Crippen LogP contribution in [0.25, 0.3) is 0 Å². The average molecular weight is 320 g/mol. The lowest BCUT2D eigenvalue weighted by Crippen LogP contribution is -2.33. The van der Waals surface area contributed by atoms with Gasteiger partial charge < -0.3 is 5.73 Å². The molecule has 0 fully saturated rings. The SMILES string of the molecule is CCCC(C)NS(=O)(=O)c1cc(S(C)(=O)=O)ccc1N. The van der Waals surface area contributed by atoms with Crippen molar-refractivity contribution in [3.05, 3.63) is 18.2 Å². The van der Waals surface area contributed by atoms with Gasteiger partial charge in [-0.1, -0.05) is 13.3 Å². The third-order valence-electron chi connectivity index (χ3n) is 2.78. The fourth-order valence-electron chi connectivity index (χ4n) is 1.80. The Balaban J connectivity index is 3.24. The van der Waals surface area contributed by atoms with Crippen molar-refractivity contribution >= 4 is 25.5 Å². The van der Waals surface area contributed by atoms with Crippen LogP contribution in [-0.2, 0) is 19.9 Å². The Bertz CT molecular complexity index is 681. The molecule has 1 rings (SSSR count). The van der Waals surface area contributed by atoms with Crippen LogP contribution in [0.4, 0.5) is 5.69 Å². The van der Waals surface area contributed by atoms with Crippen molar-refractivity contribution in [2.24, 2.45) is 0 Å². The van der Waals surface area contributed by atoms with Crippen LogP contribution in [0, 0.1) is 0 Å². The van der Waals surface area contributed by atoms with Crippen LogP contribution in [0.3, 0.4) is 0 Å². The van der Waals surface area contributed by atoms with Crippen molar-refractivity contribution < 1.29 is 16.8 Å². The van der Waals surface area contributed by atoms with Crippen molar-refractivity contribution in [2.45, 2.75) is 42.5 Å². The third kappa shape index (κ3) is 4.19. The van der Waals surface area contributed by atoms with E-state index in [1.807, 2.05) is 6.92 Å². The van der Waals surface area contributed by atoms with E-state index >= 15 is 0 Å². The molecule has 20 heavy (non-hydrogen) atoms. The van der Waals surface area contributed by atoms with E-state index in [9.17, 15) is 16.8 Å². The van der Waals surface area contributed by atoms with Gasteiger partial charge in [-0.25, -0.2) is 21.6 Å². The summed E-state index contributed by atoms with van der Waals surface area (Å²) in [5.74, 6) is 0. The predicted octanol–water partition coefficient (Wildman–Crippen LogP) is 1.14.